The average molecular weight is 377 g/mol. The van der Waals surface area contributed by atoms with Gasteiger partial charge in [0, 0.05) is 5.56 Å². The van der Waals surface area contributed by atoms with E-state index in [1.54, 1.807) is 6.07 Å². The number of carbonyl (C=O) groups excluding carboxylic acids is 1. The number of hydrogen-bond acceptors (Lipinski definition) is 2. The third-order valence-electron chi connectivity index (χ3n) is 5.37. The highest BCUT2D eigenvalue weighted by molar-refractivity contribution is 6.32. The topological polar surface area (TPSA) is 26.3 Å². The zero-order valence-electron chi connectivity index (χ0n) is 15.3. The molecular weight excluding hydrogens is 356 g/mol. The summed E-state index contributed by atoms with van der Waals surface area (Å²) in [5.41, 5.74) is 7.65. The van der Waals surface area contributed by atoms with Crippen molar-refractivity contribution in [2.75, 3.05) is 0 Å². The van der Waals surface area contributed by atoms with E-state index in [4.69, 9.17) is 16.3 Å². The summed E-state index contributed by atoms with van der Waals surface area (Å²) in [6.07, 6.45) is 3.76. The third kappa shape index (κ3) is 3.38. The Morgan fingerprint density at radius 3 is 2.59 bits per heavy atom. The van der Waals surface area contributed by atoms with Crippen LogP contribution in [0.25, 0.3) is 11.1 Å². The van der Waals surface area contributed by atoms with E-state index in [1.807, 2.05) is 6.07 Å². The number of aldehydes is 1. The molecule has 0 amide bonds. The lowest BCUT2D eigenvalue weighted by atomic mass is 9.97. The van der Waals surface area contributed by atoms with E-state index >= 15 is 0 Å². The first-order chi connectivity index (χ1) is 13.2. The van der Waals surface area contributed by atoms with Crippen LogP contribution in [0.2, 0.25) is 5.02 Å². The molecule has 3 aromatic carbocycles. The fourth-order valence-electron chi connectivity index (χ4n) is 3.93. The van der Waals surface area contributed by atoms with Crippen molar-refractivity contribution in [1.29, 1.82) is 0 Å². The summed E-state index contributed by atoms with van der Waals surface area (Å²) in [6.45, 7) is 2.58. The van der Waals surface area contributed by atoms with Gasteiger partial charge in [-0.05, 0) is 65.6 Å². The normalized spacial score (nSPS) is 12.7. The molecule has 0 saturated carbocycles. The summed E-state index contributed by atoms with van der Waals surface area (Å²) in [6, 6.07) is 18.4. The Bertz CT molecular complexity index is 993. The zero-order chi connectivity index (χ0) is 18.8. The van der Waals surface area contributed by atoms with Gasteiger partial charge < -0.3 is 4.74 Å². The van der Waals surface area contributed by atoms with Crippen LogP contribution >= 0.6 is 11.6 Å². The molecule has 0 saturated heterocycles. The van der Waals surface area contributed by atoms with Crippen LogP contribution < -0.4 is 4.74 Å². The van der Waals surface area contributed by atoms with Gasteiger partial charge in [-0.3, -0.25) is 4.79 Å². The summed E-state index contributed by atoms with van der Waals surface area (Å²) in [4.78, 5) is 11.3. The van der Waals surface area contributed by atoms with Crippen LogP contribution in [0.3, 0.4) is 0 Å². The van der Waals surface area contributed by atoms with Gasteiger partial charge in [-0.15, -0.1) is 0 Å². The molecular formula is C24H21ClO2. The van der Waals surface area contributed by atoms with E-state index in [0.717, 1.165) is 48.0 Å². The highest BCUT2D eigenvalue weighted by Gasteiger charge is 2.22. The third-order valence-corrected chi connectivity index (χ3v) is 5.65. The van der Waals surface area contributed by atoms with Crippen LogP contribution in [0.5, 0.6) is 5.75 Å². The minimum Gasteiger partial charge on any atom is -0.487 e. The van der Waals surface area contributed by atoms with E-state index in [9.17, 15) is 4.79 Å². The highest BCUT2D eigenvalue weighted by atomic mass is 35.5. The van der Waals surface area contributed by atoms with Crippen molar-refractivity contribution in [2.45, 2.75) is 32.8 Å². The number of ether oxygens (including phenoxy) is 1. The van der Waals surface area contributed by atoms with E-state index in [-0.39, 0.29) is 0 Å². The number of halogens is 1. The van der Waals surface area contributed by atoms with E-state index < -0.39 is 0 Å². The molecule has 0 N–H and O–H groups in total. The second kappa shape index (κ2) is 7.58. The van der Waals surface area contributed by atoms with E-state index in [0.29, 0.717) is 17.2 Å². The smallest absolute Gasteiger partial charge is 0.150 e. The summed E-state index contributed by atoms with van der Waals surface area (Å²) < 4.78 is 6.19. The van der Waals surface area contributed by atoms with Crippen molar-refractivity contribution >= 4 is 17.9 Å². The summed E-state index contributed by atoms with van der Waals surface area (Å²) in [5.74, 6) is 0.735. The molecule has 27 heavy (non-hydrogen) atoms. The molecule has 0 spiro atoms. The van der Waals surface area contributed by atoms with Crippen molar-refractivity contribution < 1.29 is 9.53 Å². The molecule has 0 unspecified atom stereocenters. The average Bonchev–Trinajstić information content (AvgIpc) is 3.18. The van der Waals surface area contributed by atoms with Crippen molar-refractivity contribution in [3.05, 3.63) is 87.4 Å². The molecule has 4 rings (SSSR count). The Morgan fingerprint density at radius 1 is 1.04 bits per heavy atom. The van der Waals surface area contributed by atoms with Gasteiger partial charge in [0.05, 0.1) is 5.02 Å². The highest BCUT2D eigenvalue weighted by Crippen LogP contribution is 2.39. The molecule has 0 atom stereocenters. The van der Waals surface area contributed by atoms with Crippen LogP contribution in [-0.4, -0.2) is 6.29 Å². The van der Waals surface area contributed by atoms with Gasteiger partial charge in [0.25, 0.3) is 0 Å². The molecule has 3 aromatic rings. The van der Waals surface area contributed by atoms with Gasteiger partial charge in [-0.1, -0.05) is 60.1 Å². The minimum atomic E-state index is 0.457. The molecule has 0 aliphatic heterocycles. The number of rotatable bonds is 5. The number of hydrogen-bond donors (Lipinski definition) is 0. The summed E-state index contributed by atoms with van der Waals surface area (Å²) >= 11 is 6.44. The largest absolute Gasteiger partial charge is 0.487 e. The van der Waals surface area contributed by atoms with Crippen molar-refractivity contribution in [1.82, 2.24) is 0 Å². The first-order valence-electron chi connectivity index (χ1n) is 9.25. The lowest BCUT2D eigenvalue weighted by Crippen LogP contribution is -2.03. The molecule has 2 nitrogen and oxygen atoms in total. The summed E-state index contributed by atoms with van der Waals surface area (Å²) in [5, 5.41) is 0.523. The monoisotopic (exact) mass is 376 g/mol. The Labute approximate surface area is 164 Å². The molecule has 0 aromatic heterocycles. The van der Waals surface area contributed by atoms with Gasteiger partial charge in [0.15, 0.2) is 0 Å². The standard InChI is InChI=1S/C24H21ClO2/c1-16-18(9-5-10-20(16)17-7-3-2-4-8-17)15-27-24-22-12-6-11-21(22)19(14-26)13-23(24)25/h2-5,7-10,13-14H,6,11-12,15H2,1H3. The Morgan fingerprint density at radius 2 is 1.81 bits per heavy atom. The Balaban J connectivity index is 1.64. The molecule has 3 heteroatoms. The Kier molecular flexibility index (Phi) is 5.00. The first-order valence-corrected chi connectivity index (χ1v) is 9.63. The van der Waals surface area contributed by atoms with E-state index in [2.05, 4.69) is 49.4 Å². The molecule has 0 bridgehead atoms. The maximum Gasteiger partial charge on any atom is 0.150 e. The number of benzene rings is 3. The Hall–Kier alpha value is -2.58. The van der Waals surface area contributed by atoms with Gasteiger partial charge in [-0.2, -0.15) is 0 Å². The molecule has 1 aliphatic carbocycles. The van der Waals surface area contributed by atoms with Gasteiger partial charge in [-0.25, -0.2) is 0 Å². The summed E-state index contributed by atoms with van der Waals surface area (Å²) in [7, 11) is 0. The van der Waals surface area contributed by atoms with Crippen LogP contribution in [0.1, 0.15) is 39.0 Å². The minimum absolute atomic E-state index is 0.457. The van der Waals surface area contributed by atoms with Crippen LogP contribution in [0.4, 0.5) is 0 Å². The fraction of sp³-hybridized carbons (Fsp3) is 0.208. The number of carbonyl (C=O) groups is 1. The maximum absolute atomic E-state index is 11.3. The SMILES string of the molecule is Cc1c(COc2c(Cl)cc(C=O)c3c2CCC3)cccc1-c1ccccc1. The van der Waals surface area contributed by atoms with Crippen LogP contribution in [0, 0.1) is 6.92 Å². The molecule has 136 valence electrons. The fourth-order valence-corrected chi connectivity index (χ4v) is 4.21. The van der Waals surface area contributed by atoms with Crippen molar-refractivity contribution in [3.8, 4) is 16.9 Å². The molecule has 1 aliphatic rings. The number of fused-ring (bicyclic) bond motifs is 1. The maximum atomic E-state index is 11.3. The van der Waals surface area contributed by atoms with Crippen molar-refractivity contribution in [3.63, 3.8) is 0 Å². The van der Waals surface area contributed by atoms with Crippen molar-refractivity contribution in [2.24, 2.45) is 0 Å². The lowest BCUT2D eigenvalue weighted by Gasteiger charge is -2.16. The van der Waals surface area contributed by atoms with Gasteiger partial charge >= 0.3 is 0 Å². The lowest BCUT2D eigenvalue weighted by molar-refractivity contribution is 0.112. The van der Waals surface area contributed by atoms with Gasteiger partial charge in [0.2, 0.25) is 0 Å². The van der Waals surface area contributed by atoms with Crippen LogP contribution in [-0.2, 0) is 19.4 Å². The van der Waals surface area contributed by atoms with Gasteiger partial charge in [0.1, 0.15) is 18.6 Å². The second-order valence-corrected chi connectivity index (χ2v) is 7.36. The quantitative estimate of drug-likeness (QED) is 0.496. The van der Waals surface area contributed by atoms with E-state index in [1.165, 1.54) is 16.7 Å². The first kappa shape index (κ1) is 17.8. The molecule has 0 fully saturated rings. The molecule has 0 heterocycles. The zero-order valence-corrected chi connectivity index (χ0v) is 16.1. The predicted octanol–water partition coefficient (Wildman–Crippen LogP) is 6.20. The predicted molar refractivity (Wildman–Crippen MR) is 110 cm³/mol. The van der Waals surface area contributed by atoms with Crippen LogP contribution in [0.15, 0.2) is 54.6 Å². The second-order valence-electron chi connectivity index (χ2n) is 6.95. The molecule has 0 radical (unpaired) electrons.